The van der Waals surface area contributed by atoms with E-state index >= 15 is 0 Å². The number of thioether (sulfide) groups is 1. The van der Waals surface area contributed by atoms with Gasteiger partial charge < -0.3 is 5.32 Å². The summed E-state index contributed by atoms with van der Waals surface area (Å²) >= 11 is 1.31. The van der Waals surface area contributed by atoms with Crippen LogP contribution < -0.4 is 10.9 Å². The Hall–Kier alpha value is -2.08. The maximum atomic E-state index is 13.1. The van der Waals surface area contributed by atoms with Crippen LogP contribution in [0, 0.1) is 5.92 Å². The molecule has 1 amide bonds. The summed E-state index contributed by atoms with van der Waals surface area (Å²) in [6, 6.07) is 7.41. The number of nitrogens with one attached hydrogen (secondary N) is 1. The SMILES string of the molecule is C=CCNC(=O)CSc1nc2ccccc2c(=O)n1C(C)CCCC(C)C. The van der Waals surface area contributed by atoms with Crippen LogP contribution in [0.5, 0.6) is 0 Å². The normalized spacial score (nSPS) is 12.3. The highest BCUT2D eigenvalue weighted by Gasteiger charge is 2.17. The van der Waals surface area contributed by atoms with Crippen molar-refractivity contribution < 1.29 is 4.79 Å². The number of nitrogens with zero attached hydrogens (tertiary/aromatic N) is 2. The second kappa shape index (κ2) is 10.3. The molecular formula is C21H29N3O2S. The molecule has 2 rings (SSSR count). The van der Waals surface area contributed by atoms with Gasteiger partial charge in [0.25, 0.3) is 5.56 Å². The Kier molecular flexibility index (Phi) is 8.10. The zero-order valence-electron chi connectivity index (χ0n) is 16.4. The lowest BCUT2D eigenvalue weighted by atomic mass is 10.0. The Labute approximate surface area is 165 Å². The van der Waals surface area contributed by atoms with Crippen LogP contribution in [0.4, 0.5) is 0 Å². The molecule has 1 unspecified atom stereocenters. The van der Waals surface area contributed by atoms with Gasteiger partial charge in [-0.05, 0) is 31.4 Å². The fraction of sp³-hybridized carbons (Fsp3) is 0.476. The summed E-state index contributed by atoms with van der Waals surface area (Å²) in [5.41, 5.74) is 0.633. The van der Waals surface area contributed by atoms with Crippen LogP contribution in [-0.2, 0) is 4.79 Å². The molecule has 0 bridgehead atoms. The summed E-state index contributed by atoms with van der Waals surface area (Å²) < 4.78 is 1.76. The van der Waals surface area contributed by atoms with Gasteiger partial charge in [-0.2, -0.15) is 0 Å². The molecule has 0 aliphatic rings. The molecule has 0 aliphatic heterocycles. The Morgan fingerprint density at radius 2 is 2.04 bits per heavy atom. The smallest absolute Gasteiger partial charge is 0.262 e. The lowest BCUT2D eigenvalue weighted by Gasteiger charge is -2.20. The number of aromatic nitrogens is 2. The summed E-state index contributed by atoms with van der Waals surface area (Å²) in [7, 11) is 0. The first-order valence-electron chi connectivity index (χ1n) is 9.45. The van der Waals surface area contributed by atoms with Crippen LogP contribution in [-0.4, -0.2) is 27.8 Å². The predicted octanol–water partition coefficient (Wildman–Crippen LogP) is 4.18. The van der Waals surface area contributed by atoms with E-state index in [0.29, 0.717) is 28.5 Å². The predicted molar refractivity (Wildman–Crippen MR) is 113 cm³/mol. The van der Waals surface area contributed by atoms with Crippen LogP contribution in [0.2, 0.25) is 0 Å². The monoisotopic (exact) mass is 387 g/mol. The fourth-order valence-corrected chi connectivity index (χ4v) is 3.86. The molecule has 0 spiro atoms. The molecule has 1 aromatic heterocycles. The number of fused-ring (bicyclic) bond motifs is 1. The molecule has 0 saturated carbocycles. The Morgan fingerprint density at radius 3 is 2.74 bits per heavy atom. The van der Waals surface area contributed by atoms with Crippen molar-refractivity contribution in [2.45, 2.75) is 51.2 Å². The summed E-state index contributed by atoms with van der Waals surface area (Å²) in [6.45, 7) is 10.5. The van der Waals surface area contributed by atoms with Crippen molar-refractivity contribution >= 4 is 28.6 Å². The first-order valence-corrected chi connectivity index (χ1v) is 10.4. The molecule has 1 aromatic carbocycles. The Balaban J connectivity index is 2.30. The third-order valence-corrected chi connectivity index (χ3v) is 5.35. The minimum Gasteiger partial charge on any atom is -0.352 e. The maximum Gasteiger partial charge on any atom is 0.262 e. The van der Waals surface area contributed by atoms with Crippen LogP contribution in [0.25, 0.3) is 10.9 Å². The van der Waals surface area contributed by atoms with Crippen molar-refractivity contribution in [1.29, 1.82) is 0 Å². The number of amides is 1. The average molecular weight is 388 g/mol. The molecule has 1 atom stereocenters. The minimum atomic E-state index is -0.0960. The highest BCUT2D eigenvalue weighted by Crippen LogP contribution is 2.24. The molecule has 1 N–H and O–H groups in total. The molecule has 5 nitrogen and oxygen atoms in total. The molecule has 0 saturated heterocycles. The van der Waals surface area contributed by atoms with Gasteiger partial charge in [0, 0.05) is 12.6 Å². The molecule has 0 radical (unpaired) electrons. The van der Waals surface area contributed by atoms with E-state index in [1.807, 2.05) is 24.3 Å². The van der Waals surface area contributed by atoms with Crippen LogP contribution in [0.15, 0.2) is 46.9 Å². The van der Waals surface area contributed by atoms with E-state index in [0.717, 1.165) is 19.3 Å². The number of hydrogen-bond acceptors (Lipinski definition) is 4. The molecule has 2 aromatic rings. The number of hydrogen-bond donors (Lipinski definition) is 1. The van der Waals surface area contributed by atoms with Crippen LogP contribution >= 0.6 is 11.8 Å². The zero-order valence-corrected chi connectivity index (χ0v) is 17.2. The number of carbonyl (C=O) groups is 1. The first-order chi connectivity index (χ1) is 12.9. The van der Waals surface area contributed by atoms with Gasteiger partial charge in [0.15, 0.2) is 5.16 Å². The summed E-state index contributed by atoms with van der Waals surface area (Å²) in [5.74, 6) is 0.768. The van der Waals surface area contributed by atoms with E-state index in [9.17, 15) is 9.59 Å². The highest BCUT2D eigenvalue weighted by molar-refractivity contribution is 7.99. The topological polar surface area (TPSA) is 64.0 Å². The first kappa shape index (κ1) is 21.2. The van der Waals surface area contributed by atoms with Crippen molar-refractivity contribution in [2.75, 3.05) is 12.3 Å². The van der Waals surface area contributed by atoms with Gasteiger partial charge in [0.1, 0.15) is 0 Å². The van der Waals surface area contributed by atoms with Gasteiger partial charge in [-0.3, -0.25) is 14.2 Å². The minimum absolute atomic E-state index is 0.0343. The van der Waals surface area contributed by atoms with E-state index in [2.05, 4.69) is 37.7 Å². The van der Waals surface area contributed by atoms with Gasteiger partial charge in [0.2, 0.25) is 5.91 Å². The van der Waals surface area contributed by atoms with Crippen molar-refractivity contribution in [3.63, 3.8) is 0 Å². The van der Waals surface area contributed by atoms with E-state index in [-0.39, 0.29) is 23.3 Å². The van der Waals surface area contributed by atoms with Gasteiger partial charge in [-0.15, -0.1) is 6.58 Å². The Morgan fingerprint density at radius 1 is 1.30 bits per heavy atom. The van der Waals surface area contributed by atoms with Gasteiger partial charge in [0.05, 0.1) is 16.7 Å². The lowest BCUT2D eigenvalue weighted by molar-refractivity contribution is -0.118. The molecule has 1 heterocycles. The molecular weight excluding hydrogens is 358 g/mol. The second-order valence-corrected chi connectivity index (χ2v) is 8.08. The summed E-state index contributed by atoms with van der Waals surface area (Å²) in [5, 5.41) is 3.98. The van der Waals surface area contributed by atoms with Crippen molar-refractivity contribution in [3.05, 3.63) is 47.3 Å². The van der Waals surface area contributed by atoms with E-state index in [1.54, 1.807) is 10.6 Å². The molecule has 0 aliphatic carbocycles. The average Bonchev–Trinajstić information content (AvgIpc) is 2.64. The van der Waals surface area contributed by atoms with Gasteiger partial charge in [-0.1, -0.05) is 56.7 Å². The highest BCUT2D eigenvalue weighted by atomic mass is 32.2. The number of para-hydroxylation sites is 1. The van der Waals surface area contributed by atoms with Gasteiger partial charge in [-0.25, -0.2) is 4.98 Å². The largest absolute Gasteiger partial charge is 0.352 e. The third kappa shape index (κ3) is 5.96. The lowest BCUT2D eigenvalue weighted by Crippen LogP contribution is -2.28. The summed E-state index contributed by atoms with van der Waals surface area (Å²) in [6.07, 6.45) is 4.74. The molecule has 27 heavy (non-hydrogen) atoms. The molecule has 0 fully saturated rings. The van der Waals surface area contributed by atoms with E-state index in [4.69, 9.17) is 0 Å². The van der Waals surface area contributed by atoms with Crippen molar-refractivity contribution in [3.8, 4) is 0 Å². The Bertz CT molecular complexity index is 845. The zero-order chi connectivity index (χ0) is 19.8. The summed E-state index contributed by atoms with van der Waals surface area (Å²) in [4.78, 5) is 29.7. The van der Waals surface area contributed by atoms with E-state index < -0.39 is 0 Å². The number of benzene rings is 1. The van der Waals surface area contributed by atoms with Crippen LogP contribution in [0.1, 0.15) is 46.1 Å². The maximum absolute atomic E-state index is 13.1. The molecule has 6 heteroatoms. The van der Waals surface area contributed by atoms with Crippen molar-refractivity contribution in [2.24, 2.45) is 5.92 Å². The quantitative estimate of drug-likeness (QED) is 0.377. The fourth-order valence-electron chi connectivity index (χ4n) is 2.93. The van der Waals surface area contributed by atoms with E-state index in [1.165, 1.54) is 11.8 Å². The molecule has 146 valence electrons. The number of carbonyl (C=O) groups excluding carboxylic acids is 1. The van der Waals surface area contributed by atoms with Crippen LogP contribution in [0.3, 0.4) is 0 Å². The van der Waals surface area contributed by atoms with Crippen molar-refractivity contribution in [1.82, 2.24) is 14.9 Å². The standard InChI is InChI=1S/C21H29N3O2S/c1-5-13-22-19(25)14-27-21-23-18-12-7-6-11-17(18)20(26)24(21)16(4)10-8-9-15(2)3/h5-7,11-12,15-16H,1,8-10,13-14H2,2-4H3,(H,22,25). The van der Waals surface area contributed by atoms with Gasteiger partial charge >= 0.3 is 0 Å². The number of rotatable bonds is 10. The second-order valence-electron chi connectivity index (χ2n) is 7.14. The third-order valence-electron chi connectivity index (χ3n) is 4.40.